The van der Waals surface area contributed by atoms with Gasteiger partial charge < -0.3 is 15.7 Å². The number of nitrogens with one attached hydrogen (secondary N) is 1. The number of likely N-dealkylation sites (N-methyl/N-ethyl adjacent to an activating group) is 1. The van der Waals surface area contributed by atoms with Crippen molar-refractivity contribution >= 4 is 50.9 Å². The minimum absolute atomic E-state index is 0.223. The quantitative estimate of drug-likeness (QED) is 0.421. The molecule has 0 radical (unpaired) electrons. The Hall–Kier alpha value is -0.160. The van der Waals surface area contributed by atoms with Crippen molar-refractivity contribution in [2.75, 3.05) is 7.05 Å². The Bertz CT molecular complexity index is 288. The maximum absolute atomic E-state index is 10.5. The number of carbonyl (C=O) groups is 1. The molecule has 0 bridgehead atoms. The number of carboxylic acid groups (broad SMARTS) is 1. The zero-order chi connectivity index (χ0) is 13.5. The summed E-state index contributed by atoms with van der Waals surface area (Å²) in [6.45, 7) is 1.73. The molecule has 0 aliphatic heterocycles. The maximum Gasteiger partial charge on any atom is 0.339 e. The molecule has 0 saturated heterocycles. The topological polar surface area (TPSA) is 107 Å². The van der Waals surface area contributed by atoms with Gasteiger partial charge >= 0.3 is 11.2 Å². The van der Waals surface area contributed by atoms with Crippen LogP contribution in [0, 0.1) is 5.41 Å². The molecule has 0 aromatic rings. The fourth-order valence-corrected chi connectivity index (χ4v) is 0.782. The van der Waals surface area contributed by atoms with Gasteiger partial charge in [0.05, 0.1) is 0 Å². The number of guanidine groups is 1. The number of rotatable bonds is 3. The molecule has 10 heteroatoms. The number of carboxylic acids is 1. The summed E-state index contributed by atoms with van der Waals surface area (Å²) in [5.74, 6) is -1.18. The molecule has 0 saturated carbocycles. The molecular weight excluding hydrogens is 299 g/mol. The van der Waals surface area contributed by atoms with Crippen molar-refractivity contribution in [2.24, 2.45) is 5.73 Å². The van der Waals surface area contributed by atoms with Gasteiger partial charge in [-0.25, -0.2) is 4.79 Å². The van der Waals surface area contributed by atoms with Gasteiger partial charge in [0.15, 0.2) is 5.96 Å². The van der Waals surface area contributed by atoms with Crippen molar-refractivity contribution in [3.8, 4) is 0 Å². The molecule has 0 aromatic carbocycles. The van der Waals surface area contributed by atoms with Gasteiger partial charge in [-0.3, -0.25) is 9.97 Å². The van der Waals surface area contributed by atoms with Gasteiger partial charge in [-0.1, -0.05) is 6.92 Å². The van der Waals surface area contributed by atoms with Crippen molar-refractivity contribution in [1.29, 1.82) is 5.41 Å². The molecule has 0 spiro atoms. The summed E-state index contributed by atoms with van der Waals surface area (Å²) in [4.78, 5) is 11.7. The lowest BCUT2D eigenvalue weighted by Crippen LogP contribution is -2.45. The number of nitrogens with zero attached hydrogens (tertiary/aromatic N) is 1. The Balaban J connectivity index is 0. The summed E-state index contributed by atoms with van der Waals surface area (Å²) >= 11 is 13.8. The average Bonchev–Trinajstić information content (AvgIpc) is 2.00. The number of nitrogens with two attached hydrogens (primary N) is 1. The Morgan fingerprint density at radius 2 is 1.88 bits per heavy atom. The summed E-state index contributed by atoms with van der Waals surface area (Å²) < 4.78 is 9.51. The molecule has 0 amide bonds. The average molecular weight is 313 g/mol. The highest BCUT2D eigenvalue weighted by Crippen LogP contribution is 2.61. The summed E-state index contributed by atoms with van der Waals surface area (Å²) in [6, 6.07) is -0.688. The van der Waals surface area contributed by atoms with Gasteiger partial charge in [0, 0.05) is 7.05 Å². The van der Waals surface area contributed by atoms with Crippen molar-refractivity contribution < 1.29 is 14.5 Å². The molecule has 0 aromatic heterocycles. The number of aliphatic carboxylic acids is 1. The molecule has 1 atom stereocenters. The van der Waals surface area contributed by atoms with Gasteiger partial charge in [0.1, 0.15) is 6.04 Å². The number of hydrogen-bond acceptors (Lipinski definition) is 3. The zero-order valence-electron chi connectivity index (χ0n) is 8.65. The van der Waals surface area contributed by atoms with E-state index >= 15 is 0 Å². The molecule has 0 rings (SSSR count). The number of hydrogen-bond donors (Lipinski definition) is 3. The lowest BCUT2D eigenvalue weighted by molar-refractivity contribution is -0.141. The maximum atomic E-state index is 10.5. The molecule has 4 N–H and O–H groups in total. The first-order chi connectivity index (χ1) is 7.00. The highest BCUT2D eigenvalue weighted by Gasteiger charge is 2.20. The van der Waals surface area contributed by atoms with Crippen LogP contribution in [0.25, 0.3) is 0 Å². The normalized spacial score (nSPS) is 12.1. The Morgan fingerprint density at radius 1 is 1.56 bits per heavy atom. The Labute approximate surface area is 108 Å². The molecule has 0 fully saturated rings. The molecular formula is C6H13Cl3N3O3P. The second-order valence-electron chi connectivity index (χ2n) is 2.66. The van der Waals surface area contributed by atoms with E-state index in [1.165, 1.54) is 11.9 Å². The van der Waals surface area contributed by atoms with E-state index in [1.54, 1.807) is 6.92 Å². The van der Waals surface area contributed by atoms with Crippen LogP contribution in [-0.2, 0) is 9.36 Å². The van der Waals surface area contributed by atoms with Gasteiger partial charge in [-0.05, 0) is 40.1 Å². The van der Waals surface area contributed by atoms with E-state index in [0.717, 1.165) is 0 Å². The summed E-state index contributed by atoms with van der Waals surface area (Å²) in [5.41, 5.74) is 5.10. The van der Waals surface area contributed by atoms with Gasteiger partial charge in [0.2, 0.25) is 0 Å². The molecule has 0 heterocycles. The molecule has 0 aliphatic rings. The third-order valence-corrected chi connectivity index (χ3v) is 1.52. The zero-order valence-corrected chi connectivity index (χ0v) is 11.8. The molecule has 0 aliphatic carbocycles. The first-order valence-electron chi connectivity index (χ1n) is 3.99. The fourth-order valence-electron chi connectivity index (χ4n) is 0.782. The molecule has 16 heavy (non-hydrogen) atoms. The lowest BCUT2D eigenvalue weighted by Gasteiger charge is -2.23. The van der Waals surface area contributed by atoms with E-state index < -0.39 is 17.2 Å². The van der Waals surface area contributed by atoms with Crippen LogP contribution in [0.3, 0.4) is 0 Å². The van der Waals surface area contributed by atoms with Crippen LogP contribution in [0.1, 0.15) is 13.3 Å². The van der Waals surface area contributed by atoms with Crippen LogP contribution in [0.5, 0.6) is 0 Å². The third-order valence-electron chi connectivity index (χ3n) is 1.52. The molecule has 1 unspecified atom stereocenters. The standard InChI is InChI=1S/C6H13N3O2.Cl3OP/c1-3-4(5(10)11)9(2)6(7)8;1-5(2,3)4/h4H,3H2,1-2H3,(H3,7,8)(H,10,11);. The van der Waals surface area contributed by atoms with E-state index in [0.29, 0.717) is 6.42 Å². The van der Waals surface area contributed by atoms with E-state index in [9.17, 15) is 9.36 Å². The van der Waals surface area contributed by atoms with Gasteiger partial charge in [0.25, 0.3) is 0 Å². The van der Waals surface area contributed by atoms with Crippen molar-refractivity contribution in [2.45, 2.75) is 19.4 Å². The second kappa shape index (κ2) is 8.01. The van der Waals surface area contributed by atoms with Gasteiger partial charge in [-0.15, -0.1) is 0 Å². The largest absolute Gasteiger partial charge is 0.480 e. The first-order valence-corrected chi connectivity index (χ1v) is 8.41. The van der Waals surface area contributed by atoms with Crippen molar-refractivity contribution in [1.82, 2.24) is 4.90 Å². The summed E-state index contributed by atoms with van der Waals surface area (Å²) in [7, 11) is 1.49. The first kappa shape index (κ1) is 18.2. The Kier molecular flexibility index (Phi) is 9.12. The monoisotopic (exact) mass is 311 g/mol. The van der Waals surface area contributed by atoms with Gasteiger partial charge in [-0.2, -0.15) is 0 Å². The minimum Gasteiger partial charge on any atom is -0.480 e. The summed E-state index contributed by atoms with van der Waals surface area (Å²) in [5, 5.41) is 12.3. The third kappa shape index (κ3) is 11.9. The van der Waals surface area contributed by atoms with Crippen LogP contribution in [0.15, 0.2) is 0 Å². The predicted molar refractivity (Wildman–Crippen MR) is 66.6 cm³/mol. The minimum atomic E-state index is -3.22. The van der Waals surface area contributed by atoms with E-state index in [-0.39, 0.29) is 5.96 Å². The van der Waals surface area contributed by atoms with Crippen LogP contribution in [0.2, 0.25) is 0 Å². The fraction of sp³-hybridized carbons (Fsp3) is 0.667. The van der Waals surface area contributed by atoms with Crippen molar-refractivity contribution in [3.63, 3.8) is 0 Å². The smallest absolute Gasteiger partial charge is 0.339 e. The number of halogens is 3. The highest BCUT2D eigenvalue weighted by molar-refractivity contribution is 8.24. The highest BCUT2D eigenvalue weighted by atomic mass is 36.0. The molecule has 96 valence electrons. The predicted octanol–water partition coefficient (Wildman–Crippen LogP) is 2.49. The van der Waals surface area contributed by atoms with E-state index in [4.69, 9.17) is 16.2 Å². The van der Waals surface area contributed by atoms with E-state index in [2.05, 4.69) is 33.7 Å². The van der Waals surface area contributed by atoms with E-state index in [1.807, 2.05) is 0 Å². The van der Waals surface area contributed by atoms with Crippen LogP contribution >= 0.6 is 38.9 Å². The second-order valence-corrected chi connectivity index (χ2v) is 9.30. The molecule has 6 nitrogen and oxygen atoms in total. The lowest BCUT2D eigenvalue weighted by atomic mass is 10.2. The summed E-state index contributed by atoms with van der Waals surface area (Å²) in [6.07, 6.45) is 0.436. The Morgan fingerprint density at radius 3 is 1.94 bits per heavy atom. The van der Waals surface area contributed by atoms with Crippen LogP contribution < -0.4 is 5.73 Å². The van der Waals surface area contributed by atoms with Crippen LogP contribution in [0.4, 0.5) is 0 Å². The SMILES string of the molecule is CCC(C(=O)O)N(C)C(=N)N.O=P(Cl)(Cl)Cl. The van der Waals surface area contributed by atoms with Crippen LogP contribution in [-0.4, -0.2) is 35.0 Å². The van der Waals surface area contributed by atoms with Crippen molar-refractivity contribution in [3.05, 3.63) is 0 Å².